The zero-order valence-corrected chi connectivity index (χ0v) is 20.9. The molecular formula is C26H33N3O4S. The summed E-state index contributed by atoms with van der Waals surface area (Å²) in [6.07, 6.45) is 15.4. The van der Waals surface area contributed by atoms with E-state index in [0.717, 1.165) is 37.0 Å². The van der Waals surface area contributed by atoms with Crippen molar-refractivity contribution in [3.63, 3.8) is 0 Å². The Balaban J connectivity index is 2.33. The van der Waals surface area contributed by atoms with Gasteiger partial charge in [-0.2, -0.15) is 12.6 Å². The summed E-state index contributed by atoms with van der Waals surface area (Å²) in [5, 5.41) is 5.54. The normalized spacial score (nSPS) is 15.7. The molecule has 2 N–H and O–H groups in total. The third kappa shape index (κ3) is 7.74. The van der Waals surface area contributed by atoms with E-state index in [1.165, 1.54) is 0 Å². The summed E-state index contributed by atoms with van der Waals surface area (Å²) in [6, 6.07) is 6.88. The van der Waals surface area contributed by atoms with Crippen LogP contribution in [0.1, 0.15) is 70.0 Å². The Morgan fingerprint density at radius 1 is 1.15 bits per heavy atom. The Morgan fingerprint density at radius 3 is 2.26 bits per heavy atom. The molecule has 0 bridgehead atoms. The minimum absolute atomic E-state index is 0.0176. The highest BCUT2D eigenvalue weighted by Gasteiger charge is 2.36. The zero-order chi connectivity index (χ0) is 25.3. The maximum absolute atomic E-state index is 13.4. The number of terminal acetylenes is 2. The van der Waals surface area contributed by atoms with Gasteiger partial charge in [-0.1, -0.05) is 43.7 Å². The second kappa shape index (κ2) is 12.4. The first-order valence-corrected chi connectivity index (χ1v) is 12.0. The van der Waals surface area contributed by atoms with Gasteiger partial charge in [0.1, 0.15) is 17.7 Å². The summed E-state index contributed by atoms with van der Waals surface area (Å²) >= 11 is 4.20. The van der Waals surface area contributed by atoms with Gasteiger partial charge < -0.3 is 15.4 Å². The smallest absolute Gasteiger partial charge is 0.408 e. The molecule has 0 radical (unpaired) electrons. The predicted molar refractivity (Wildman–Crippen MR) is 135 cm³/mol. The maximum atomic E-state index is 13.4. The minimum Gasteiger partial charge on any atom is -0.444 e. The van der Waals surface area contributed by atoms with Gasteiger partial charge >= 0.3 is 6.09 Å². The lowest BCUT2D eigenvalue weighted by molar-refractivity contribution is -0.138. The molecule has 0 aromatic heterocycles. The molecule has 1 aromatic carbocycles. The Bertz CT molecular complexity index is 950. The summed E-state index contributed by atoms with van der Waals surface area (Å²) in [7, 11) is 0. The van der Waals surface area contributed by atoms with Crippen molar-refractivity contribution in [1.29, 1.82) is 0 Å². The van der Waals surface area contributed by atoms with Crippen LogP contribution >= 0.6 is 12.6 Å². The van der Waals surface area contributed by atoms with Crippen molar-refractivity contribution in [2.45, 2.75) is 76.6 Å². The van der Waals surface area contributed by atoms with Crippen LogP contribution in [0.3, 0.4) is 0 Å². The molecule has 1 aliphatic rings. The van der Waals surface area contributed by atoms with Gasteiger partial charge in [-0.05, 0) is 51.3 Å². The SMILES string of the molecule is C#Cc1ccc(C(C(=O)NC2CCCCC2)N(C#C)C(=O)C(CS)NC(=O)OC(C)(C)C)cc1. The standard InChI is InChI=1S/C26H33N3O4S/c1-6-18-13-15-19(16-14-18)22(23(30)27-20-11-9-8-10-12-20)29(7-2)24(31)21(17-34)28-25(32)33-26(3,4)5/h1-2,13-16,20-22,34H,8-12,17H2,3-5H3,(H,27,30)(H,28,32). The van der Waals surface area contributed by atoms with E-state index in [0.29, 0.717) is 11.1 Å². The highest BCUT2D eigenvalue weighted by Crippen LogP contribution is 2.25. The molecule has 1 aromatic rings. The van der Waals surface area contributed by atoms with Crippen LogP contribution in [-0.4, -0.2) is 46.2 Å². The van der Waals surface area contributed by atoms with Crippen LogP contribution in [0.4, 0.5) is 4.79 Å². The largest absolute Gasteiger partial charge is 0.444 e. The van der Waals surface area contributed by atoms with Gasteiger partial charge in [-0.3, -0.25) is 14.5 Å². The number of nitrogens with one attached hydrogen (secondary N) is 2. The molecule has 1 fully saturated rings. The Morgan fingerprint density at radius 2 is 1.76 bits per heavy atom. The first-order chi connectivity index (χ1) is 16.1. The number of amides is 3. The van der Waals surface area contributed by atoms with Crippen LogP contribution < -0.4 is 10.6 Å². The van der Waals surface area contributed by atoms with Gasteiger partial charge in [0.25, 0.3) is 5.91 Å². The van der Waals surface area contributed by atoms with E-state index in [9.17, 15) is 14.4 Å². The number of ether oxygens (including phenoxy) is 1. The highest BCUT2D eigenvalue weighted by atomic mass is 32.1. The van der Waals surface area contributed by atoms with Crippen molar-refractivity contribution >= 4 is 30.5 Å². The number of nitrogens with zero attached hydrogens (tertiary/aromatic N) is 1. The highest BCUT2D eigenvalue weighted by molar-refractivity contribution is 7.80. The van der Waals surface area contributed by atoms with E-state index in [-0.39, 0.29) is 17.7 Å². The van der Waals surface area contributed by atoms with E-state index >= 15 is 0 Å². The minimum atomic E-state index is -1.10. The molecular weight excluding hydrogens is 450 g/mol. The van der Waals surface area contributed by atoms with Gasteiger partial charge in [-0.25, -0.2) is 4.79 Å². The molecule has 2 unspecified atom stereocenters. The molecule has 0 saturated heterocycles. The third-order valence-electron chi connectivity index (χ3n) is 5.40. The fourth-order valence-corrected chi connectivity index (χ4v) is 4.02. The van der Waals surface area contributed by atoms with Gasteiger partial charge in [0.15, 0.2) is 0 Å². The molecule has 7 nitrogen and oxygen atoms in total. The van der Waals surface area contributed by atoms with Crippen LogP contribution in [0.5, 0.6) is 0 Å². The number of thiol groups is 1. The second-order valence-electron chi connectivity index (χ2n) is 9.23. The first-order valence-electron chi connectivity index (χ1n) is 11.4. The van der Waals surface area contributed by atoms with Crippen LogP contribution in [0.25, 0.3) is 0 Å². The molecule has 1 aliphatic carbocycles. The number of rotatable bonds is 7. The van der Waals surface area contributed by atoms with E-state index in [1.54, 1.807) is 45.0 Å². The van der Waals surface area contributed by atoms with Crippen molar-refractivity contribution < 1.29 is 19.1 Å². The average Bonchev–Trinajstić information content (AvgIpc) is 2.80. The second-order valence-corrected chi connectivity index (χ2v) is 9.60. The van der Waals surface area contributed by atoms with Crippen molar-refractivity contribution in [2.24, 2.45) is 0 Å². The number of hydrogen-bond acceptors (Lipinski definition) is 5. The quantitative estimate of drug-likeness (QED) is 0.315. The van der Waals surface area contributed by atoms with E-state index < -0.39 is 29.7 Å². The van der Waals surface area contributed by atoms with E-state index in [2.05, 4.69) is 35.2 Å². The topological polar surface area (TPSA) is 87.7 Å². The van der Waals surface area contributed by atoms with Gasteiger partial charge in [0.2, 0.25) is 5.91 Å². The molecule has 2 rings (SSSR count). The lowest BCUT2D eigenvalue weighted by Gasteiger charge is -2.32. The molecule has 0 heterocycles. The van der Waals surface area contributed by atoms with Crippen molar-refractivity contribution in [3.05, 3.63) is 35.4 Å². The molecule has 3 amide bonds. The predicted octanol–water partition coefficient (Wildman–Crippen LogP) is 3.40. The zero-order valence-electron chi connectivity index (χ0n) is 20.0. The fourth-order valence-electron chi connectivity index (χ4n) is 3.77. The summed E-state index contributed by atoms with van der Waals surface area (Å²) in [4.78, 5) is 40.1. The lowest BCUT2D eigenvalue weighted by atomic mass is 9.94. The molecule has 8 heteroatoms. The van der Waals surface area contributed by atoms with Crippen LogP contribution in [0.2, 0.25) is 0 Å². The molecule has 34 heavy (non-hydrogen) atoms. The number of alkyl carbamates (subject to hydrolysis) is 1. The summed E-state index contributed by atoms with van der Waals surface area (Å²) in [5.41, 5.74) is 0.392. The monoisotopic (exact) mass is 483 g/mol. The first kappa shape index (κ1) is 27.1. The van der Waals surface area contributed by atoms with Crippen molar-refractivity contribution in [3.8, 4) is 24.8 Å². The Hall–Kier alpha value is -3.10. The maximum Gasteiger partial charge on any atom is 0.408 e. The van der Waals surface area contributed by atoms with Crippen LogP contribution in [-0.2, 0) is 14.3 Å². The Kier molecular flexibility index (Phi) is 9.89. The molecule has 182 valence electrons. The third-order valence-corrected chi connectivity index (χ3v) is 5.76. The number of carbonyl (C=O) groups is 3. The molecule has 0 aliphatic heterocycles. The van der Waals surface area contributed by atoms with Crippen LogP contribution in [0, 0.1) is 24.8 Å². The molecule has 0 spiro atoms. The summed E-state index contributed by atoms with van der Waals surface area (Å²) in [5.74, 6) is 1.46. The lowest BCUT2D eigenvalue weighted by Crippen LogP contribution is -2.53. The van der Waals surface area contributed by atoms with Gasteiger partial charge in [0, 0.05) is 23.4 Å². The van der Waals surface area contributed by atoms with E-state index in [1.807, 2.05) is 0 Å². The molecule has 1 saturated carbocycles. The van der Waals surface area contributed by atoms with Gasteiger partial charge in [0.05, 0.1) is 0 Å². The fraction of sp³-hybridized carbons (Fsp3) is 0.500. The summed E-state index contributed by atoms with van der Waals surface area (Å²) in [6.45, 7) is 5.13. The van der Waals surface area contributed by atoms with Crippen LogP contribution in [0.15, 0.2) is 24.3 Å². The summed E-state index contributed by atoms with van der Waals surface area (Å²) < 4.78 is 5.25. The van der Waals surface area contributed by atoms with Gasteiger partial charge in [-0.15, -0.1) is 6.42 Å². The number of carbonyl (C=O) groups excluding carboxylic acids is 3. The van der Waals surface area contributed by atoms with E-state index in [4.69, 9.17) is 17.6 Å². The van der Waals surface area contributed by atoms with Crippen molar-refractivity contribution in [1.82, 2.24) is 15.5 Å². The number of hydrogen-bond donors (Lipinski definition) is 3. The number of benzene rings is 1. The van der Waals surface area contributed by atoms with Crippen molar-refractivity contribution in [2.75, 3.05) is 5.75 Å². The Labute approximate surface area is 207 Å². The average molecular weight is 484 g/mol. The molecule has 2 atom stereocenters.